The smallest absolute Gasteiger partial charge is 0.251 e. The average Bonchev–Trinajstić information content (AvgIpc) is 2.78. The van der Waals surface area contributed by atoms with Crippen molar-refractivity contribution in [3.05, 3.63) is 94.8 Å². The Kier molecular flexibility index (Phi) is 7.75. The lowest BCUT2D eigenvalue weighted by molar-refractivity contribution is 0.0939. The van der Waals surface area contributed by atoms with Gasteiger partial charge in [-0.1, -0.05) is 45.0 Å². The second-order valence-corrected chi connectivity index (χ2v) is 9.07. The molecular formula is C28H32FNO3. The minimum atomic E-state index is -0.304. The molecule has 0 radical (unpaired) electrons. The highest BCUT2D eigenvalue weighted by molar-refractivity contribution is 5.94. The van der Waals surface area contributed by atoms with Gasteiger partial charge >= 0.3 is 0 Å². The van der Waals surface area contributed by atoms with Crippen LogP contribution in [0.15, 0.2) is 66.7 Å². The average molecular weight is 450 g/mol. The van der Waals surface area contributed by atoms with Crippen LogP contribution >= 0.6 is 0 Å². The molecule has 5 heteroatoms. The number of hydrogen-bond donors (Lipinski definition) is 1. The van der Waals surface area contributed by atoms with E-state index in [0.717, 1.165) is 16.9 Å². The maximum absolute atomic E-state index is 13.2. The molecule has 0 aromatic heterocycles. The fraction of sp³-hybridized carbons (Fsp3) is 0.321. The molecule has 3 aromatic carbocycles. The van der Waals surface area contributed by atoms with Crippen LogP contribution in [0.1, 0.15) is 67.7 Å². The minimum Gasteiger partial charge on any atom is -0.493 e. The predicted molar refractivity (Wildman–Crippen MR) is 129 cm³/mol. The van der Waals surface area contributed by atoms with Crippen LogP contribution < -0.4 is 14.8 Å². The fourth-order valence-electron chi connectivity index (χ4n) is 3.46. The number of amides is 1. The van der Waals surface area contributed by atoms with Crippen LogP contribution in [0.2, 0.25) is 0 Å². The summed E-state index contributed by atoms with van der Waals surface area (Å²) in [7, 11) is 0. The molecule has 1 atom stereocenters. The summed E-state index contributed by atoms with van der Waals surface area (Å²) in [5, 5.41) is 2.96. The molecule has 0 aliphatic rings. The molecule has 1 amide bonds. The van der Waals surface area contributed by atoms with Crippen LogP contribution in [0.5, 0.6) is 11.5 Å². The Morgan fingerprint density at radius 3 is 2.24 bits per heavy atom. The van der Waals surface area contributed by atoms with Crippen molar-refractivity contribution in [3.63, 3.8) is 0 Å². The van der Waals surface area contributed by atoms with Crippen LogP contribution in [0.4, 0.5) is 4.39 Å². The highest BCUT2D eigenvalue weighted by atomic mass is 19.1. The van der Waals surface area contributed by atoms with Crippen LogP contribution in [0, 0.1) is 5.82 Å². The normalized spacial score (nSPS) is 12.2. The van der Waals surface area contributed by atoms with Gasteiger partial charge in [0.2, 0.25) is 0 Å². The first-order valence-electron chi connectivity index (χ1n) is 11.2. The predicted octanol–water partition coefficient (Wildman–Crippen LogP) is 6.59. The number of rotatable bonds is 8. The largest absolute Gasteiger partial charge is 0.493 e. The Morgan fingerprint density at radius 2 is 1.64 bits per heavy atom. The summed E-state index contributed by atoms with van der Waals surface area (Å²) < 4.78 is 24.9. The Bertz CT molecular complexity index is 1070. The van der Waals surface area contributed by atoms with Crippen molar-refractivity contribution in [2.75, 3.05) is 6.61 Å². The van der Waals surface area contributed by atoms with E-state index >= 15 is 0 Å². The monoisotopic (exact) mass is 449 g/mol. The first-order valence-corrected chi connectivity index (χ1v) is 11.2. The number of carbonyl (C=O) groups excluding carboxylic acids is 1. The van der Waals surface area contributed by atoms with Crippen molar-refractivity contribution in [1.82, 2.24) is 5.32 Å². The van der Waals surface area contributed by atoms with E-state index in [1.807, 2.05) is 26.0 Å². The number of benzene rings is 3. The summed E-state index contributed by atoms with van der Waals surface area (Å²) in [6.07, 6.45) is 0. The fourth-order valence-corrected chi connectivity index (χ4v) is 3.46. The zero-order valence-corrected chi connectivity index (χ0v) is 19.9. The van der Waals surface area contributed by atoms with E-state index < -0.39 is 0 Å². The van der Waals surface area contributed by atoms with Gasteiger partial charge in [0.15, 0.2) is 0 Å². The molecule has 0 fully saturated rings. The molecule has 1 N–H and O–H groups in total. The zero-order valence-electron chi connectivity index (χ0n) is 19.9. The summed E-state index contributed by atoms with van der Waals surface area (Å²) in [4.78, 5) is 12.9. The number of hydrogen-bond acceptors (Lipinski definition) is 3. The molecule has 3 rings (SSSR count). The van der Waals surface area contributed by atoms with Gasteiger partial charge < -0.3 is 14.8 Å². The standard InChI is InChI=1S/C28H32FNO3/c1-6-32-26-16-9-21(27(31)30-19(2)20-7-12-24(29)13-8-20)17-22(26)18-33-25-14-10-23(11-15-25)28(3,4)5/h7-17,19H,6,18H2,1-5H3,(H,30,31)/t19-/m1/s1. The maximum Gasteiger partial charge on any atom is 0.251 e. The van der Waals surface area contributed by atoms with E-state index in [1.165, 1.54) is 17.7 Å². The highest BCUT2D eigenvalue weighted by Crippen LogP contribution is 2.26. The van der Waals surface area contributed by atoms with Crippen molar-refractivity contribution in [2.45, 2.75) is 52.7 Å². The maximum atomic E-state index is 13.2. The SMILES string of the molecule is CCOc1ccc(C(=O)N[C@H](C)c2ccc(F)cc2)cc1COc1ccc(C(C)(C)C)cc1. The van der Waals surface area contributed by atoms with Crippen molar-refractivity contribution >= 4 is 5.91 Å². The molecule has 0 heterocycles. The minimum absolute atomic E-state index is 0.0768. The summed E-state index contributed by atoms with van der Waals surface area (Å²) in [6.45, 7) is 11.1. The van der Waals surface area contributed by atoms with Crippen molar-refractivity contribution in [1.29, 1.82) is 0 Å². The molecule has 0 bridgehead atoms. The van der Waals surface area contributed by atoms with Crippen LogP contribution in [-0.4, -0.2) is 12.5 Å². The van der Waals surface area contributed by atoms with Gasteiger partial charge in [-0.25, -0.2) is 4.39 Å². The quantitative estimate of drug-likeness (QED) is 0.422. The summed E-state index contributed by atoms with van der Waals surface area (Å²) >= 11 is 0. The van der Waals surface area contributed by atoms with Gasteiger partial charge in [-0.2, -0.15) is 0 Å². The first-order chi connectivity index (χ1) is 15.7. The molecular weight excluding hydrogens is 417 g/mol. The molecule has 4 nitrogen and oxygen atoms in total. The molecule has 0 aliphatic heterocycles. The van der Waals surface area contributed by atoms with Gasteiger partial charge in [-0.3, -0.25) is 4.79 Å². The molecule has 3 aromatic rings. The molecule has 0 saturated heterocycles. The van der Waals surface area contributed by atoms with Gasteiger partial charge in [0, 0.05) is 11.1 Å². The van der Waals surface area contributed by atoms with E-state index in [4.69, 9.17) is 9.47 Å². The van der Waals surface area contributed by atoms with E-state index in [2.05, 4.69) is 38.2 Å². The van der Waals surface area contributed by atoms with Crippen molar-refractivity contribution in [3.8, 4) is 11.5 Å². The summed E-state index contributed by atoms with van der Waals surface area (Å²) in [5.41, 5.74) is 3.44. The number of nitrogens with one attached hydrogen (secondary N) is 1. The second-order valence-electron chi connectivity index (χ2n) is 9.07. The van der Waals surface area contributed by atoms with E-state index in [1.54, 1.807) is 30.3 Å². The van der Waals surface area contributed by atoms with E-state index in [9.17, 15) is 9.18 Å². The van der Waals surface area contributed by atoms with E-state index in [0.29, 0.717) is 17.9 Å². The topological polar surface area (TPSA) is 47.6 Å². The third kappa shape index (κ3) is 6.58. The third-order valence-corrected chi connectivity index (χ3v) is 5.45. The van der Waals surface area contributed by atoms with Crippen molar-refractivity contribution in [2.24, 2.45) is 0 Å². The molecule has 33 heavy (non-hydrogen) atoms. The molecule has 0 spiro atoms. The highest BCUT2D eigenvalue weighted by Gasteiger charge is 2.16. The van der Waals surface area contributed by atoms with Crippen LogP contribution in [0.3, 0.4) is 0 Å². The lowest BCUT2D eigenvalue weighted by atomic mass is 9.87. The molecule has 174 valence electrons. The van der Waals surface area contributed by atoms with Gasteiger partial charge in [0.05, 0.1) is 12.6 Å². The lowest BCUT2D eigenvalue weighted by Gasteiger charge is -2.19. The number of carbonyl (C=O) groups is 1. The molecule has 0 saturated carbocycles. The van der Waals surface area contributed by atoms with Crippen LogP contribution in [0.25, 0.3) is 0 Å². The number of halogens is 1. The summed E-state index contributed by atoms with van der Waals surface area (Å²) in [5.74, 6) is 0.921. The Balaban J connectivity index is 1.73. The number of ether oxygens (including phenoxy) is 2. The Morgan fingerprint density at radius 1 is 0.970 bits per heavy atom. The lowest BCUT2D eigenvalue weighted by Crippen LogP contribution is -2.26. The van der Waals surface area contributed by atoms with Gasteiger partial charge in [0.1, 0.15) is 23.9 Å². The second kappa shape index (κ2) is 10.5. The Labute approximate surface area is 195 Å². The summed E-state index contributed by atoms with van der Waals surface area (Å²) in [6, 6.07) is 19.2. The molecule has 0 aliphatic carbocycles. The van der Waals surface area contributed by atoms with Gasteiger partial charge in [-0.15, -0.1) is 0 Å². The van der Waals surface area contributed by atoms with E-state index in [-0.39, 0.29) is 29.8 Å². The van der Waals surface area contributed by atoms with Crippen molar-refractivity contribution < 1.29 is 18.7 Å². The van der Waals surface area contributed by atoms with Crippen LogP contribution in [-0.2, 0) is 12.0 Å². The third-order valence-electron chi connectivity index (χ3n) is 5.45. The first kappa shape index (κ1) is 24.3. The zero-order chi connectivity index (χ0) is 24.0. The van der Waals surface area contributed by atoms with Gasteiger partial charge in [-0.05, 0) is 72.9 Å². The van der Waals surface area contributed by atoms with Gasteiger partial charge in [0.25, 0.3) is 5.91 Å². The Hall–Kier alpha value is -3.34. The molecule has 0 unspecified atom stereocenters.